The van der Waals surface area contributed by atoms with Gasteiger partial charge >= 0.3 is 0 Å². The van der Waals surface area contributed by atoms with Crippen molar-refractivity contribution in [1.29, 1.82) is 0 Å². The van der Waals surface area contributed by atoms with Gasteiger partial charge in [-0.25, -0.2) is 4.98 Å². The Balaban J connectivity index is 1.47. The lowest BCUT2D eigenvalue weighted by molar-refractivity contribution is 0.102. The van der Waals surface area contributed by atoms with Gasteiger partial charge in [-0.05, 0) is 78.9 Å². The van der Waals surface area contributed by atoms with E-state index in [9.17, 15) is 4.79 Å². The molecule has 0 saturated carbocycles. The van der Waals surface area contributed by atoms with Crippen molar-refractivity contribution >= 4 is 28.1 Å². The van der Waals surface area contributed by atoms with Crippen LogP contribution in [0.25, 0.3) is 16.3 Å². The number of anilines is 1. The predicted molar refractivity (Wildman–Crippen MR) is 135 cm³/mol. The van der Waals surface area contributed by atoms with Gasteiger partial charge in [-0.1, -0.05) is 24.8 Å². The van der Waals surface area contributed by atoms with Crippen LogP contribution < -0.4 is 15.4 Å². The molecule has 2 aromatic carbocycles. The number of ether oxygens (including phenoxy) is 1. The highest BCUT2D eigenvalue weighted by Gasteiger charge is 2.15. The second-order valence-corrected chi connectivity index (χ2v) is 8.43. The first-order chi connectivity index (χ1) is 16.0. The number of fused-ring (bicyclic) bond motifs is 1. The average Bonchev–Trinajstić information content (AvgIpc) is 2.83. The number of hydrogen-bond acceptors (Lipinski definition) is 5. The summed E-state index contributed by atoms with van der Waals surface area (Å²) in [7, 11) is 3.96. The molecule has 0 radical (unpaired) electrons. The molecule has 6 heteroatoms. The SMILES string of the molecule is C=C/C(=C\N(C)C)c1ccc2cnc(NC(=O)c3ccc(OC4CCNCC4)cc3)cc2c1. The summed E-state index contributed by atoms with van der Waals surface area (Å²) in [6.07, 6.45) is 7.86. The summed E-state index contributed by atoms with van der Waals surface area (Å²) in [6, 6.07) is 15.3. The zero-order valence-electron chi connectivity index (χ0n) is 19.2. The molecule has 0 bridgehead atoms. The van der Waals surface area contributed by atoms with Gasteiger partial charge in [0.05, 0.1) is 0 Å². The maximum atomic E-state index is 12.8. The second-order valence-electron chi connectivity index (χ2n) is 8.43. The van der Waals surface area contributed by atoms with E-state index in [1.807, 2.05) is 61.6 Å². The fourth-order valence-electron chi connectivity index (χ4n) is 3.89. The van der Waals surface area contributed by atoms with Crippen molar-refractivity contribution in [2.75, 3.05) is 32.5 Å². The van der Waals surface area contributed by atoms with E-state index in [-0.39, 0.29) is 12.0 Å². The van der Waals surface area contributed by atoms with Crippen LogP contribution in [0, 0.1) is 0 Å². The molecule has 2 N–H and O–H groups in total. The molecule has 1 aliphatic rings. The van der Waals surface area contributed by atoms with Gasteiger partial charge in [0.2, 0.25) is 0 Å². The number of aromatic nitrogens is 1. The van der Waals surface area contributed by atoms with Crippen molar-refractivity contribution in [3.05, 3.63) is 84.7 Å². The van der Waals surface area contributed by atoms with Gasteiger partial charge in [-0.2, -0.15) is 0 Å². The Morgan fingerprint density at radius 1 is 1.09 bits per heavy atom. The van der Waals surface area contributed by atoms with E-state index < -0.39 is 0 Å². The third-order valence-electron chi connectivity index (χ3n) is 5.62. The smallest absolute Gasteiger partial charge is 0.256 e. The Morgan fingerprint density at radius 2 is 1.82 bits per heavy atom. The molecule has 1 fully saturated rings. The highest BCUT2D eigenvalue weighted by Crippen LogP contribution is 2.24. The first-order valence-corrected chi connectivity index (χ1v) is 11.2. The zero-order chi connectivity index (χ0) is 23.2. The number of rotatable bonds is 7. The maximum Gasteiger partial charge on any atom is 0.256 e. The van der Waals surface area contributed by atoms with Crippen LogP contribution in [0.2, 0.25) is 0 Å². The number of amides is 1. The van der Waals surface area contributed by atoms with Gasteiger partial charge in [-0.3, -0.25) is 4.79 Å². The van der Waals surface area contributed by atoms with Crippen molar-refractivity contribution < 1.29 is 9.53 Å². The zero-order valence-corrected chi connectivity index (χ0v) is 19.2. The van der Waals surface area contributed by atoms with Crippen LogP contribution in [-0.2, 0) is 0 Å². The minimum absolute atomic E-state index is 0.203. The number of pyridine rings is 1. The summed E-state index contributed by atoms with van der Waals surface area (Å²) in [5.41, 5.74) is 2.64. The lowest BCUT2D eigenvalue weighted by Crippen LogP contribution is -2.34. The Bertz CT molecular complexity index is 1160. The fraction of sp³-hybridized carbons (Fsp3) is 0.259. The molecule has 1 saturated heterocycles. The molecule has 33 heavy (non-hydrogen) atoms. The Labute approximate surface area is 195 Å². The summed E-state index contributed by atoms with van der Waals surface area (Å²) in [4.78, 5) is 19.2. The van der Waals surface area contributed by atoms with E-state index in [0.717, 1.165) is 53.6 Å². The second kappa shape index (κ2) is 10.3. The Morgan fingerprint density at radius 3 is 2.52 bits per heavy atom. The van der Waals surface area contributed by atoms with E-state index in [0.29, 0.717) is 11.4 Å². The predicted octanol–water partition coefficient (Wildman–Crippen LogP) is 4.71. The minimum atomic E-state index is -0.203. The Hall–Kier alpha value is -3.64. The van der Waals surface area contributed by atoms with E-state index in [1.54, 1.807) is 18.3 Å². The topological polar surface area (TPSA) is 66.5 Å². The average molecular weight is 443 g/mol. The Kier molecular flexibility index (Phi) is 7.05. The number of nitrogens with zero attached hydrogens (tertiary/aromatic N) is 2. The molecule has 0 unspecified atom stereocenters. The minimum Gasteiger partial charge on any atom is -0.490 e. The molecular formula is C27H30N4O2. The van der Waals surface area contributed by atoms with Crippen molar-refractivity contribution in [3.63, 3.8) is 0 Å². The molecule has 4 rings (SSSR count). The standard InChI is InChI=1S/C27H30N4O2/c1-4-19(18-31(2)3)21-5-6-22-17-29-26(16-23(22)15-21)30-27(32)20-7-9-24(10-8-20)33-25-11-13-28-14-12-25/h4-10,15-18,25,28H,1,11-14H2,2-3H3,(H,29,30,32)/b19-18+. The molecule has 3 aromatic rings. The van der Waals surface area contributed by atoms with Crippen LogP contribution in [0.1, 0.15) is 28.8 Å². The largest absolute Gasteiger partial charge is 0.490 e. The molecule has 0 spiro atoms. The molecule has 170 valence electrons. The van der Waals surface area contributed by atoms with Gasteiger partial charge in [0.1, 0.15) is 17.7 Å². The van der Waals surface area contributed by atoms with Crippen LogP contribution in [0.5, 0.6) is 5.75 Å². The van der Waals surface area contributed by atoms with Gasteiger partial charge in [0.15, 0.2) is 0 Å². The summed E-state index contributed by atoms with van der Waals surface area (Å²) < 4.78 is 6.02. The van der Waals surface area contributed by atoms with Crippen LogP contribution >= 0.6 is 0 Å². The van der Waals surface area contributed by atoms with Crippen LogP contribution in [-0.4, -0.2) is 49.1 Å². The molecule has 1 aliphatic heterocycles. The van der Waals surface area contributed by atoms with Crippen molar-refractivity contribution in [1.82, 2.24) is 15.2 Å². The monoisotopic (exact) mass is 442 g/mol. The number of carbonyl (C=O) groups excluding carboxylic acids is 1. The number of carbonyl (C=O) groups is 1. The summed E-state index contributed by atoms with van der Waals surface area (Å²) in [6.45, 7) is 5.88. The summed E-state index contributed by atoms with van der Waals surface area (Å²) >= 11 is 0. The first kappa shape index (κ1) is 22.6. The quantitative estimate of drug-likeness (QED) is 0.519. The first-order valence-electron chi connectivity index (χ1n) is 11.2. The third kappa shape index (κ3) is 5.79. The number of piperidine rings is 1. The van der Waals surface area contributed by atoms with E-state index >= 15 is 0 Å². The van der Waals surface area contributed by atoms with E-state index in [1.165, 1.54) is 0 Å². The summed E-state index contributed by atoms with van der Waals surface area (Å²) in [5.74, 6) is 1.10. The van der Waals surface area contributed by atoms with Gasteiger partial charge in [-0.15, -0.1) is 0 Å². The van der Waals surface area contributed by atoms with Crippen molar-refractivity contribution in [2.24, 2.45) is 0 Å². The van der Waals surface area contributed by atoms with Gasteiger partial charge in [0.25, 0.3) is 5.91 Å². The summed E-state index contributed by atoms with van der Waals surface area (Å²) in [5, 5.41) is 8.23. The number of allylic oxidation sites excluding steroid dienone is 2. The molecule has 2 heterocycles. The fourth-order valence-corrected chi connectivity index (χ4v) is 3.89. The van der Waals surface area contributed by atoms with Crippen LogP contribution in [0.4, 0.5) is 5.82 Å². The molecule has 0 aliphatic carbocycles. The van der Waals surface area contributed by atoms with Crippen molar-refractivity contribution in [2.45, 2.75) is 18.9 Å². The van der Waals surface area contributed by atoms with Crippen LogP contribution in [0.3, 0.4) is 0 Å². The molecule has 1 amide bonds. The lowest BCUT2D eigenvalue weighted by atomic mass is 10.0. The highest BCUT2D eigenvalue weighted by atomic mass is 16.5. The lowest BCUT2D eigenvalue weighted by Gasteiger charge is -2.23. The molecular weight excluding hydrogens is 412 g/mol. The van der Waals surface area contributed by atoms with Gasteiger partial charge < -0.3 is 20.3 Å². The van der Waals surface area contributed by atoms with E-state index in [4.69, 9.17) is 4.74 Å². The normalized spacial score (nSPS) is 14.7. The molecule has 0 atom stereocenters. The number of nitrogens with one attached hydrogen (secondary N) is 2. The third-order valence-corrected chi connectivity index (χ3v) is 5.62. The molecule has 1 aromatic heterocycles. The van der Waals surface area contributed by atoms with E-state index in [2.05, 4.69) is 28.3 Å². The van der Waals surface area contributed by atoms with Crippen LogP contribution in [0.15, 0.2) is 73.6 Å². The highest BCUT2D eigenvalue weighted by molar-refractivity contribution is 6.04. The molecule has 6 nitrogen and oxygen atoms in total. The number of hydrogen-bond donors (Lipinski definition) is 2. The maximum absolute atomic E-state index is 12.8. The number of benzene rings is 2. The van der Waals surface area contributed by atoms with Crippen molar-refractivity contribution in [3.8, 4) is 5.75 Å². The van der Waals surface area contributed by atoms with Gasteiger partial charge in [0, 0.05) is 37.4 Å².